The van der Waals surface area contributed by atoms with Crippen LogP contribution in [0.1, 0.15) is 29.6 Å². The van der Waals surface area contributed by atoms with Crippen LogP contribution in [0.3, 0.4) is 0 Å². The number of nitrogens with one attached hydrogen (secondary N) is 1. The lowest BCUT2D eigenvalue weighted by atomic mass is 10.2. The van der Waals surface area contributed by atoms with Crippen LogP contribution >= 0.6 is 11.6 Å². The predicted octanol–water partition coefficient (Wildman–Crippen LogP) is 2.15. The van der Waals surface area contributed by atoms with E-state index in [2.05, 4.69) is 4.72 Å². The molecular formula is C12H12ClFN2O4S. The molecule has 0 atom stereocenters. The van der Waals surface area contributed by atoms with Crippen molar-refractivity contribution >= 4 is 27.6 Å². The summed E-state index contributed by atoms with van der Waals surface area (Å²) in [4.78, 5) is 10.4. The molecule has 9 heteroatoms. The lowest BCUT2D eigenvalue weighted by Crippen LogP contribution is -2.25. The molecule has 0 fully saturated rings. The van der Waals surface area contributed by atoms with Crippen molar-refractivity contribution in [2.24, 2.45) is 0 Å². The second-order valence-electron chi connectivity index (χ2n) is 4.08. The molecule has 0 aliphatic rings. The Kier molecular flexibility index (Phi) is 6.08. The van der Waals surface area contributed by atoms with Gasteiger partial charge >= 0.3 is 5.97 Å². The molecule has 0 aromatic heterocycles. The second-order valence-corrected chi connectivity index (χ2v) is 6.23. The molecule has 2 N–H and O–H groups in total. The molecule has 1 aromatic carbocycles. The number of unbranched alkanes of at least 4 members (excludes halogenated alkanes) is 2. The summed E-state index contributed by atoms with van der Waals surface area (Å²) in [6.45, 7) is 0.0661. The number of hydrogen-bond acceptors (Lipinski definition) is 4. The molecule has 0 radical (unpaired) electrons. The largest absolute Gasteiger partial charge is 0.478 e. The van der Waals surface area contributed by atoms with E-state index in [0.29, 0.717) is 25.3 Å². The Morgan fingerprint density at radius 3 is 2.67 bits per heavy atom. The number of nitrogens with zero attached hydrogens (tertiary/aromatic N) is 1. The highest BCUT2D eigenvalue weighted by molar-refractivity contribution is 7.89. The first-order valence-electron chi connectivity index (χ1n) is 5.88. The van der Waals surface area contributed by atoms with Crippen LogP contribution in [0.5, 0.6) is 0 Å². The molecule has 0 amide bonds. The SMILES string of the molecule is N#CCCCCNS(=O)(=O)c1cc(F)c(Cl)c(C(=O)O)c1. The summed E-state index contributed by atoms with van der Waals surface area (Å²) >= 11 is 5.47. The van der Waals surface area contributed by atoms with Crippen LogP contribution in [0, 0.1) is 17.1 Å². The van der Waals surface area contributed by atoms with Gasteiger partial charge in [0.2, 0.25) is 10.0 Å². The molecule has 6 nitrogen and oxygen atoms in total. The quantitative estimate of drug-likeness (QED) is 0.743. The predicted molar refractivity (Wildman–Crippen MR) is 73.0 cm³/mol. The average molecular weight is 335 g/mol. The number of hydrogen-bond donors (Lipinski definition) is 2. The van der Waals surface area contributed by atoms with Crippen LogP contribution in [0.25, 0.3) is 0 Å². The Hall–Kier alpha value is -1.69. The minimum Gasteiger partial charge on any atom is -0.478 e. The van der Waals surface area contributed by atoms with Crippen LogP contribution in [0.2, 0.25) is 5.02 Å². The standard InChI is InChI=1S/C12H12ClFN2O4S/c13-11-9(12(17)18)6-8(7-10(11)14)21(19,20)16-5-3-1-2-4-15/h6-7,16H,1-3,5H2,(H,17,18). The molecular weight excluding hydrogens is 323 g/mol. The van der Waals surface area contributed by atoms with E-state index in [1.54, 1.807) is 0 Å². The van der Waals surface area contributed by atoms with Gasteiger partial charge in [0.05, 0.1) is 21.6 Å². The highest BCUT2D eigenvalue weighted by atomic mass is 35.5. The number of carboxylic acid groups (broad SMARTS) is 1. The van der Waals surface area contributed by atoms with E-state index in [9.17, 15) is 17.6 Å². The highest BCUT2D eigenvalue weighted by Crippen LogP contribution is 2.24. The Balaban J connectivity index is 2.94. The molecule has 0 aliphatic carbocycles. The van der Waals surface area contributed by atoms with Crippen molar-refractivity contribution in [1.29, 1.82) is 5.26 Å². The maximum atomic E-state index is 13.5. The van der Waals surface area contributed by atoms with Crippen LogP contribution in [0.4, 0.5) is 4.39 Å². The summed E-state index contributed by atoms with van der Waals surface area (Å²) in [5.41, 5.74) is -0.624. The van der Waals surface area contributed by atoms with E-state index in [1.165, 1.54) is 0 Å². The van der Waals surface area contributed by atoms with Crippen molar-refractivity contribution in [2.45, 2.75) is 24.2 Å². The molecule has 0 unspecified atom stereocenters. The Morgan fingerprint density at radius 2 is 2.10 bits per heavy atom. The fourth-order valence-corrected chi connectivity index (χ4v) is 2.80. The lowest BCUT2D eigenvalue weighted by Gasteiger charge is -2.08. The van der Waals surface area contributed by atoms with E-state index in [0.717, 1.165) is 6.07 Å². The van der Waals surface area contributed by atoms with Crippen LogP contribution < -0.4 is 4.72 Å². The number of carboxylic acids is 1. The van der Waals surface area contributed by atoms with E-state index < -0.39 is 37.3 Å². The first-order chi connectivity index (χ1) is 9.79. The van der Waals surface area contributed by atoms with Gasteiger partial charge in [0.15, 0.2) is 0 Å². The molecule has 114 valence electrons. The average Bonchev–Trinajstić information content (AvgIpc) is 2.40. The number of benzene rings is 1. The Morgan fingerprint density at radius 1 is 1.43 bits per heavy atom. The minimum absolute atomic E-state index is 0.0661. The van der Waals surface area contributed by atoms with Gasteiger partial charge in [-0.25, -0.2) is 22.3 Å². The zero-order valence-electron chi connectivity index (χ0n) is 10.8. The van der Waals surface area contributed by atoms with Gasteiger partial charge in [-0.2, -0.15) is 5.26 Å². The Bertz CT molecular complexity index is 685. The fraction of sp³-hybridized carbons (Fsp3) is 0.333. The second kappa shape index (κ2) is 7.36. The van der Waals surface area contributed by atoms with Gasteiger partial charge in [-0.1, -0.05) is 11.6 Å². The maximum absolute atomic E-state index is 13.5. The van der Waals surface area contributed by atoms with Gasteiger partial charge in [-0.3, -0.25) is 0 Å². The first-order valence-corrected chi connectivity index (χ1v) is 7.74. The van der Waals surface area contributed by atoms with Crippen molar-refractivity contribution in [2.75, 3.05) is 6.54 Å². The van der Waals surface area contributed by atoms with Gasteiger partial charge in [0, 0.05) is 13.0 Å². The normalized spacial score (nSPS) is 11.1. The third kappa shape index (κ3) is 4.67. The van der Waals surface area contributed by atoms with Crippen molar-refractivity contribution < 1.29 is 22.7 Å². The number of sulfonamides is 1. The Labute approximate surface area is 126 Å². The van der Waals surface area contributed by atoms with Crippen molar-refractivity contribution in [1.82, 2.24) is 4.72 Å². The molecule has 21 heavy (non-hydrogen) atoms. The van der Waals surface area contributed by atoms with Gasteiger partial charge in [-0.15, -0.1) is 0 Å². The number of rotatable bonds is 7. The smallest absolute Gasteiger partial charge is 0.337 e. The van der Waals surface area contributed by atoms with E-state index in [-0.39, 0.29) is 6.54 Å². The summed E-state index contributed by atoms with van der Waals surface area (Å²) in [6.07, 6.45) is 1.27. The molecule has 0 spiro atoms. The summed E-state index contributed by atoms with van der Waals surface area (Å²) in [7, 11) is -4.04. The topological polar surface area (TPSA) is 107 Å². The minimum atomic E-state index is -4.04. The summed E-state index contributed by atoms with van der Waals surface area (Å²) in [6, 6.07) is 3.38. The molecule has 0 bridgehead atoms. The number of aromatic carboxylic acids is 1. The van der Waals surface area contributed by atoms with Crippen molar-refractivity contribution in [3.05, 3.63) is 28.5 Å². The molecule has 0 saturated heterocycles. The molecule has 1 aromatic rings. The van der Waals surface area contributed by atoms with E-state index in [1.807, 2.05) is 6.07 Å². The third-order valence-electron chi connectivity index (χ3n) is 2.55. The summed E-state index contributed by atoms with van der Waals surface area (Å²) in [5.74, 6) is -2.65. The number of carbonyl (C=O) groups is 1. The zero-order chi connectivity index (χ0) is 16.0. The van der Waals surface area contributed by atoms with E-state index in [4.69, 9.17) is 22.0 Å². The summed E-state index contributed by atoms with van der Waals surface area (Å²) < 4.78 is 39.6. The molecule has 0 saturated carbocycles. The van der Waals surface area contributed by atoms with Gasteiger partial charge in [-0.05, 0) is 25.0 Å². The van der Waals surface area contributed by atoms with Gasteiger partial charge in [0.25, 0.3) is 0 Å². The molecule has 0 heterocycles. The monoisotopic (exact) mass is 334 g/mol. The van der Waals surface area contributed by atoms with Crippen molar-refractivity contribution in [3.8, 4) is 6.07 Å². The van der Waals surface area contributed by atoms with E-state index >= 15 is 0 Å². The van der Waals surface area contributed by atoms with Gasteiger partial charge in [0.1, 0.15) is 5.82 Å². The van der Waals surface area contributed by atoms with Crippen LogP contribution in [-0.4, -0.2) is 26.0 Å². The molecule has 0 aliphatic heterocycles. The number of nitriles is 1. The molecule has 1 rings (SSSR count). The maximum Gasteiger partial charge on any atom is 0.337 e. The number of halogens is 2. The van der Waals surface area contributed by atoms with Crippen LogP contribution in [-0.2, 0) is 10.0 Å². The summed E-state index contributed by atoms with van der Waals surface area (Å²) in [5, 5.41) is 16.6. The van der Waals surface area contributed by atoms with Crippen molar-refractivity contribution in [3.63, 3.8) is 0 Å². The first kappa shape index (κ1) is 17.4. The third-order valence-corrected chi connectivity index (χ3v) is 4.37. The van der Waals surface area contributed by atoms with Gasteiger partial charge < -0.3 is 5.11 Å². The fourth-order valence-electron chi connectivity index (χ4n) is 1.49. The highest BCUT2D eigenvalue weighted by Gasteiger charge is 2.21. The lowest BCUT2D eigenvalue weighted by molar-refractivity contribution is 0.0696. The zero-order valence-corrected chi connectivity index (χ0v) is 12.3. The van der Waals surface area contributed by atoms with Crippen LogP contribution in [0.15, 0.2) is 17.0 Å².